The van der Waals surface area contributed by atoms with Crippen LogP contribution in [-0.2, 0) is 15.3 Å². The maximum atomic E-state index is 13.7. The smallest absolute Gasteiger partial charge is 0.207 e. The molecular weight excluding hydrogens is 335 g/mol. The predicted molar refractivity (Wildman–Crippen MR) is 87.2 cm³/mol. The van der Waals surface area contributed by atoms with E-state index in [0.717, 1.165) is 43.2 Å². The third-order valence-corrected chi connectivity index (χ3v) is 7.29. The van der Waals surface area contributed by atoms with Gasteiger partial charge in [-0.05, 0) is 54.3 Å². The quantitative estimate of drug-likeness (QED) is 0.679. The van der Waals surface area contributed by atoms with E-state index in [4.69, 9.17) is 11.6 Å². The Hall–Kier alpha value is -1.39. The fourth-order valence-electron chi connectivity index (χ4n) is 4.18. The summed E-state index contributed by atoms with van der Waals surface area (Å²) in [5.74, 6) is -0.518. The molecule has 0 saturated heterocycles. The molecule has 1 saturated carbocycles. The van der Waals surface area contributed by atoms with Crippen LogP contribution in [0.2, 0.25) is 5.02 Å². The van der Waals surface area contributed by atoms with Gasteiger partial charge in [0.1, 0.15) is 5.82 Å². The number of rotatable bonds is 0. The van der Waals surface area contributed by atoms with Gasteiger partial charge in [-0.25, -0.2) is 12.8 Å². The second-order valence-corrected chi connectivity index (χ2v) is 8.75. The maximum Gasteiger partial charge on any atom is 0.207 e. The first-order chi connectivity index (χ1) is 10.9. The summed E-state index contributed by atoms with van der Waals surface area (Å²) in [5, 5.41) is 0.537. The van der Waals surface area contributed by atoms with Gasteiger partial charge in [-0.2, -0.15) is 0 Å². The molecule has 1 fully saturated rings. The molecule has 2 aromatic carbocycles. The lowest BCUT2D eigenvalue weighted by molar-refractivity contribution is 0.332. The van der Waals surface area contributed by atoms with E-state index in [1.165, 1.54) is 12.1 Å². The molecule has 1 aliphatic heterocycles. The van der Waals surface area contributed by atoms with Crippen LogP contribution in [0.3, 0.4) is 0 Å². The first-order valence-corrected chi connectivity index (χ1v) is 9.66. The van der Waals surface area contributed by atoms with Crippen molar-refractivity contribution in [2.45, 2.75) is 47.3 Å². The Labute approximate surface area is 140 Å². The molecule has 120 valence electrons. The third kappa shape index (κ3) is 2.08. The van der Waals surface area contributed by atoms with Crippen LogP contribution in [0.25, 0.3) is 0 Å². The van der Waals surface area contributed by atoms with E-state index in [2.05, 4.69) is 0 Å². The van der Waals surface area contributed by atoms with Crippen molar-refractivity contribution in [3.05, 3.63) is 58.4 Å². The molecule has 0 amide bonds. The molecule has 23 heavy (non-hydrogen) atoms. The molecule has 4 rings (SSSR count). The lowest BCUT2D eigenvalue weighted by atomic mass is 9.65. The van der Waals surface area contributed by atoms with E-state index < -0.39 is 15.7 Å². The zero-order valence-electron chi connectivity index (χ0n) is 12.5. The van der Waals surface area contributed by atoms with Crippen molar-refractivity contribution in [1.29, 1.82) is 0 Å². The minimum absolute atomic E-state index is 0.120. The van der Waals surface area contributed by atoms with Crippen molar-refractivity contribution >= 4 is 21.4 Å². The zero-order valence-corrected chi connectivity index (χ0v) is 14.1. The van der Waals surface area contributed by atoms with Crippen molar-refractivity contribution in [3.8, 4) is 0 Å². The molecule has 0 N–H and O–H groups in total. The topological polar surface area (TPSA) is 34.1 Å². The number of halogens is 2. The predicted octanol–water partition coefficient (Wildman–Crippen LogP) is 4.88. The highest BCUT2D eigenvalue weighted by Gasteiger charge is 2.46. The molecule has 0 radical (unpaired) electrons. The van der Waals surface area contributed by atoms with Crippen LogP contribution in [-0.4, -0.2) is 8.42 Å². The first kappa shape index (κ1) is 15.2. The largest absolute Gasteiger partial charge is 0.218 e. The number of fused-ring (bicyclic) bond motifs is 4. The highest BCUT2D eigenvalue weighted by molar-refractivity contribution is 7.91. The standard InChI is InChI=1S/C18H16ClFO2S/c19-12-4-7-16-15(10-12)18(8-2-1-3-9-18)14-6-5-13(20)11-17(14)23(16,21)22/h4-7,10-11H,1-3,8-9H2. The Kier molecular flexibility index (Phi) is 3.33. The molecule has 1 aliphatic carbocycles. The van der Waals surface area contributed by atoms with Gasteiger partial charge in [0.15, 0.2) is 0 Å². The fourth-order valence-corrected chi connectivity index (χ4v) is 6.20. The van der Waals surface area contributed by atoms with Gasteiger partial charge in [0.05, 0.1) is 9.79 Å². The van der Waals surface area contributed by atoms with E-state index >= 15 is 0 Å². The fraction of sp³-hybridized carbons (Fsp3) is 0.333. The Morgan fingerprint density at radius 2 is 1.65 bits per heavy atom. The van der Waals surface area contributed by atoms with Gasteiger partial charge in [-0.3, -0.25) is 0 Å². The van der Waals surface area contributed by atoms with E-state index in [1.807, 2.05) is 0 Å². The molecule has 2 aromatic rings. The molecule has 1 heterocycles. The Balaban J connectivity index is 2.12. The third-order valence-electron chi connectivity index (χ3n) is 5.20. The summed E-state index contributed by atoms with van der Waals surface area (Å²) in [5.41, 5.74) is 1.14. The Morgan fingerprint density at radius 3 is 2.39 bits per heavy atom. The lowest BCUT2D eigenvalue weighted by Gasteiger charge is -2.43. The normalized spacial score (nSPS) is 20.8. The molecule has 5 heteroatoms. The minimum atomic E-state index is -3.71. The molecule has 2 nitrogen and oxygen atoms in total. The number of sulfone groups is 1. The van der Waals surface area contributed by atoms with Gasteiger partial charge in [0, 0.05) is 10.4 Å². The van der Waals surface area contributed by atoms with Gasteiger partial charge in [0.25, 0.3) is 0 Å². The lowest BCUT2D eigenvalue weighted by Crippen LogP contribution is -2.37. The van der Waals surface area contributed by atoms with E-state index in [-0.39, 0.29) is 15.2 Å². The summed E-state index contributed by atoms with van der Waals surface area (Å²) < 4.78 is 39.7. The molecule has 2 aliphatic rings. The van der Waals surface area contributed by atoms with Crippen molar-refractivity contribution in [3.63, 3.8) is 0 Å². The minimum Gasteiger partial charge on any atom is -0.218 e. The first-order valence-electron chi connectivity index (χ1n) is 7.80. The summed E-state index contributed by atoms with van der Waals surface area (Å²) in [6.07, 6.45) is 4.94. The molecule has 0 bridgehead atoms. The second kappa shape index (κ2) is 5.05. The Morgan fingerprint density at radius 1 is 0.913 bits per heavy atom. The Bertz CT molecular complexity index is 899. The van der Waals surface area contributed by atoms with Crippen LogP contribution in [0.5, 0.6) is 0 Å². The van der Waals surface area contributed by atoms with Crippen molar-refractivity contribution in [1.82, 2.24) is 0 Å². The monoisotopic (exact) mass is 350 g/mol. The molecule has 1 spiro atoms. The van der Waals surface area contributed by atoms with Crippen LogP contribution >= 0.6 is 11.6 Å². The average Bonchev–Trinajstić information content (AvgIpc) is 2.54. The van der Waals surface area contributed by atoms with Gasteiger partial charge in [-0.15, -0.1) is 0 Å². The highest BCUT2D eigenvalue weighted by Crippen LogP contribution is 2.53. The SMILES string of the molecule is O=S1(=O)c2ccc(Cl)cc2C2(CCCCC2)c2ccc(F)cc21. The molecular formula is C18H16ClFO2S. The van der Waals surface area contributed by atoms with Crippen molar-refractivity contribution < 1.29 is 12.8 Å². The van der Waals surface area contributed by atoms with Crippen LogP contribution in [0.15, 0.2) is 46.2 Å². The summed E-state index contributed by atoms with van der Waals surface area (Å²) in [6, 6.07) is 9.12. The molecule has 0 aromatic heterocycles. The summed E-state index contributed by atoms with van der Waals surface area (Å²) in [6.45, 7) is 0. The van der Waals surface area contributed by atoms with Crippen LogP contribution < -0.4 is 0 Å². The second-order valence-electron chi connectivity index (χ2n) is 6.43. The molecule has 0 atom stereocenters. The van der Waals surface area contributed by atoms with Crippen LogP contribution in [0.4, 0.5) is 4.39 Å². The molecule has 0 unspecified atom stereocenters. The van der Waals surface area contributed by atoms with Crippen LogP contribution in [0.1, 0.15) is 43.2 Å². The van der Waals surface area contributed by atoms with Gasteiger partial charge in [-0.1, -0.05) is 36.9 Å². The van der Waals surface area contributed by atoms with Gasteiger partial charge in [0.2, 0.25) is 9.84 Å². The van der Waals surface area contributed by atoms with Gasteiger partial charge >= 0.3 is 0 Å². The van der Waals surface area contributed by atoms with Crippen molar-refractivity contribution in [2.24, 2.45) is 0 Å². The maximum absolute atomic E-state index is 13.7. The van der Waals surface area contributed by atoms with E-state index in [9.17, 15) is 12.8 Å². The number of hydrogen-bond donors (Lipinski definition) is 0. The number of benzene rings is 2. The highest BCUT2D eigenvalue weighted by atomic mass is 35.5. The van der Waals surface area contributed by atoms with E-state index in [0.29, 0.717) is 5.02 Å². The average molecular weight is 351 g/mol. The summed E-state index contributed by atoms with van der Waals surface area (Å²) in [7, 11) is -3.71. The van der Waals surface area contributed by atoms with Crippen molar-refractivity contribution in [2.75, 3.05) is 0 Å². The summed E-state index contributed by atoms with van der Waals surface area (Å²) in [4.78, 5) is 0.399. The van der Waals surface area contributed by atoms with E-state index in [1.54, 1.807) is 24.3 Å². The summed E-state index contributed by atoms with van der Waals surface area (Å²) >= 11 is 6.17. The van der Waals surface area contributed by atoms with Gasteiger partial charge < -0.3 is 0 Å². The van der Waals surface area contributed by atoms with Crippen LogP contribution in [0, 0.1) is 5.82 Å². The zero-order chi connectivity index (χ0) is 16.2. The number of hydrogen-bond acceptors (Lipinski definition) is 2.